The SMILES string of the molecule is COc1cc2c(cc1OC)CN(C(=O)CCN(CCN(C)C)C(C)=O)CC2. The van der Waals surface area contributed by atoms with Crippen LogP contribution in [0.3, 0.4) is 0 Å². The first-order valence-electron chi connectivity index (χ1n) is 9.27. The van der Waals surface area contributed by atoms with Crippen molar-refractivity contribution >= 4 is 11.8 Å². The molecule has 1 aliphatic heterocycles. The Kier molecular flexibility index (Phi) is 7.47. The molecule has 2 rings (SSSR count). The molecule has 7 nitrogen and oxygen atoms in total. The zero-order valence-corrected chi connectivity index (χ0v) is 17.1. The van der Waals surface area contributed by atoms with Gasteiger partial charge in [-0.25, -0.2) is 0 Å². The number of rotatable bonds is 8. The summed E-state index contributed by atoms with van der Waals surface area (Å²) in [5.41, 5.74) is 2.27. The lowest BCUT2D eigenvalue weighted by Crippen LogP contribution is -2.40. The number of hydrogen-bond donors (Lipinski definition) is 0. The molecule has 0 radical (unpaired) electrons. The highest BCUT2D eigenvalue weighted by molar-refractivity contribution is 5.78. The van der Waals surface area contributed by atoms with Gasteiger partial charge in [0.25, 0.3) is 0 Å². The number of likely N-dealkylation sites (N-methyl/N-ethyl adjacent to an activating group) is 1. The Balaban J connectivity index is 1.97. The van der Waals surface area contributed by atoms with Gasteiger partial charge in [-0.2, -0.15) is 0 Å². The van der Waals surface area contributed by atoms with E-state index in [1.807, 2.05) is 36.0 Å². The number of benzene rings is 1. The minimum Gasteiger partial charge on any atom is -0.493 e. The van der Waals surface area contributed by atoms with Gasteiger partial charge in [0.15, 0.2) is 11.5 Å². The average Bonchev–Trinajstić information content (AvgIpc) is 2.65. The minimum absolute atomic E-state index is 0.00507. The van der Waals surface area contributed by atoms with Crippen molar-refractivity contribution < 1.29 is 19.1 Å². The number of ether oxygens (including phenoxy) is 2. The summed E-state index contributed by atoms with van der Waals surface area (Å²) >= 11 is 0. The van der Waals surface area contributed by atoms with E-state index in [4.69, 9.17) is 9.47 Å². The van der Waals surface area contributed by atoms with Crippen molar-refractivity contribution in [2.45, 2.75) is 26.3 Å². The standard InChI is InChI=1S/C20H31N3O4/c1-15(24)22(11-10-21(2)3)9-7-20(25)23-8-6-16-12-18(26-4)19(27-5)13-17(16)14-23/h12-13H,6-11,14H2,1-5H3. The molecule has 1 aromatic rings. The third kappa shape index (κ3) is 5.60. The summed E-state index contributed by atoms with van der Waals surface area (Å²) in [7, 11) is 7.18. The fraction of sp³-hybridized carbons (Fsp3) is 0.600. The number of carbonyl (C=O) groups excluding carboxylic acids is 2. The monoisotopic (exact) mass is 377 g/mol. The van der Waals surface area contributed by atoms with Crippen LogP contribution in [0.25, 0.3) is 0 Å². The van der Waals surface area contributed by atoms with E-state index in [-0.39, 0.29) is 11.8 Å². The molecule has 0 aromatic heterocycles. The minimum atomic E-state index is 0.00507. The van der Waals surface area contributed by atoms with Crippen LogP contribution in [0, 0.1) is 0 Å². The number of fused-ring (bicyclic) bond motifs is 1. The van der Waals surface area contributed by atoms with Gasteiger partial charge < -0.3 is 24.2 Å². The summed E-state index contributed by atoms with van der Waals surface area (Å²) in [4.78, 5) is 30.1. The number of hydrogen-bond acceptors (Lipinski definition) is 5. The molecule has 1 aromatic carbocycles. The first kappa shape index (κ1) is 21.0. The fourth-order valence-electron chi connectivity index (χ4n) is 3.23. The molecule has 150 valence electrons. The molecule has 27 heavy (non-hydrogen) atoms. The van der Waals surface area contributed by atoms with Crippen LogP contribution in [-0.2, 0) is 22.6 Å². The van der Waals surface area contributed by atoms with Crippen molar-refractivity contribution in [2.24, 2.45) is 0 Å². The van der Waals surface area contributed by atoms with Crippen LogP contribution >= 0.6 is 0 Å². The largest absolute Gasteiger partial charge is 0.493 e. The molecule has 1 heterocycles. The third-order valence-electron chi connectivity index (χ3n) is 4.93. The average molecular weight is 377 g/mol. The van der Waals surface area contributed by atoms with Crippen LogP contribution < -0.4 is 9.47 Å². The van der Waals surface area contributed by atoms with E-state index in [0.29, 0.717) is 44.1 Å². The van der Waals surface area contributed by atoms with Crippen LogP contribution in [0.15, 0.2) is 12.1 Å². The molecule has 0 N–H and O–H groups in total. The summed E-state index contributed by atoms with van der Waals surface area (Å²) in [6, 6.07) is 3.95. The molecule has 0 unspecified atom stereocenters. The fourth-order valence-corrected chi connectivity index (χ4v) is 3.23. The van der Waals surface area contributed by atoms with Crippen molar-refractivity contribution in [3.63, 3.8) is 0 Å². The molecule has 2 amide bonds. The van der Waals surface area contributed by atoms with Gasteiger partial charge in [-0.15, -0.1) is 0 Å². The molecule has 7 heteroatoms. The zero-order valence-electron chi connectivity index (χ0n) is 17.1. The maximum Gasteiger partial charge on any atom is 0.224 e. The first-order valence-corrected chi connectivity index (χ1v) is 9.27. The lowest BCUT2D eigenvalue weighted by molar-refractivity contribution is -0.134. The molecular weight excluding hydrogens is 346 g/mol. The highest BCUT2D eigenvalue weighted by Crippen LogP contribution is 2.33. The van der Waals surface area contributed by atoms with E-state index in [9.17, 15) is 9.59 Å². The predicted molar refractivity (Wildman–Crippen MR) is 104 cm³/mol. The van der Waals surface area contributed by atoms with E-state index in [0.717, 1.165) is 18.5 Å². The lowest BCUT2D eigenvalue weighted by atomic mass is 9.98. The van der Waals surface area contributed by atoms with Crippen molar-refractivity contribution in [2.75, 3.05) is 54.5 Å². The Labute approximate surface area is 161 Å². The van der Waals surface area contributed by atoms with Gasteiger partial charge in [0, 0.05) is 46.1 Å². The van der Waals surface area contributed by atoms with E-state index in [1.165, 1.54) is 5.56 Å². The first-order chi connectivity index (χ1) is 12.8. The van der Waals surface area contributed by atoms with E-state index in [2.05, 4.69) is 0 Å². The van der Waals surface area contributed by atoms with Crippen molar-refractivity contribution in [1.82, 2.24) is 14.7 Å². The smallest absolute Gasteiger partial charge is 0.224 e. The summed E-state index contributed by atoms with van der Waals surface area (Å²) < 4.78 is 10.7. The maximum absolute atomic E-state index is 12.7. The number of carbonyl (C=O) groups is 2. The van der Waals surface area contributed by atoms with Crippen molar-refractivity contribution in [3.05, 3.63) is 23.3 Å². The Morgan fingerprint density at radius 3 is 2.22 bits per heavy atom. The molecule has 0 bridgehead atoms. The van der Waals surface area contributed by atoms with Crippen molar-refractivity contribution in [1.29, 1.82) is 0 Å². The zero-order chi connectivity index (χ0) is 20.0. The van der Waals surface area contributed by atoms with Gasteiger partial charge in [0.05, 0.1) is 14.2 Å². The van der Waals surface area contributed by atoms with Crippen LogP contribution in [0.1, 0.15) is 24.5 Å². The molecule has 0 atom stereocenters. The van der Waals surface area contributed by atoms with E-state index >= 15 is 0 Å². The molecular formula is C20H31N3O4. The van der Waals surface area contributed by atoms with Crippen LogP contribution in [0.2, 0.25) is 0 Å². The Morgan fingerprint density at radius 2 is 1.67 bits per heavy atom. The maximum atomic E-state index is 12.7. The van der Waals surface area contributed by atoms with Crippen LogP contribution in [-0.4, -0.2) is 81.0 Å². The normalized spacial score (nSPS) is 13.3. The topological polar surface area (TPSA) is 62.3 Å². The van der Waals surface area contributed by atoms with Gasteiger partial charge >= 0.3 is 0 Å². The third-order valence-corrected chi connectivity index (χ3v) is 4.93. The predicted octanol–water partition coefficient (Wildman–Crippen LogP) is 1.39. The Bertz CT molecular complexity index is 675. The highest BCUT2D eigenvalue weighted by atomic mass is 16.5. The van der Waals surface area contributed by atoms with Gasteiger partial charge in [0.1, 0.15) is 0 Å². The Morgan fingerprint density at radius 1 is 1.04 bits per heavy atom. The molecule has 0 aliphatic carbocycles. The second-order valence-corrected chi connectivity index (χ2v) is 7.10. The number of amides is 2. The van der Waals surface area contributed by atoms with Crippen LogP contribution in [0.4, 0.5) is 0 Å². The number of nitrogens with zero attached hydrogens (tertiary/aromatic N) is 3. The summed E-state index contributed by atoms with van der Waals surface area (Å²) in [6.45, 7) is 4.67. The van der Waals surface area contributed by atoms with Crippen molar-refractivity contribution in [3.8, 4) is 11.5 Å². The summed E-state index contributed by atoms with van der Waals surface area (Å²) in [5, 5.41) is 0. The second kappa shape index (κ2) is 9.60. The van der Waals surface area contributed by atoms with Crippen LogP contribution in [0.5, 0.6) is 11.5 Å². The van der Waals surface area contributed by atoms with Gasteiger partial charge in [-0.3, -0.25) is 9.59 Å². The van der Waals surface area contributed by atoms with Gasteiger partial charge in [0.2, 0.25) is 11.8 Å². The quantitative estimate of drug-likeness (QED) is 0.685. The highest BCUT2D eigenvalue weighted by Gasteiger charge is 2.23. The number of methoxy groups -OCH3 is 2. The molecule has 0 fully saturated rings. The van der Waals surface area contributed by atoms with E-state index in [1.54, 1.807) is 26.0 Å². The Hall–Kier alpha value is -2.28. The lowest BCUT2D eigenvalue weighted by Gasteiger charge is -2.30. The molecule has 0 saturated carbocycles. The summed E-state index contributed by atoms with van der Waals surface area (Å²) in [6.07, 6.45) is 1.13. The second-order valence-electron chi connectivity index (χ2n) is 7.10. The molecule has 0 spiro atoms. The van der Waals surface area contributed by atoms with E-state index < -0.39 is 0 Å². The van der Waals surface area contributed by atoms with Gasteiger partial charge in [-0.1, -0.05) is 0 Å². The summed E-state index contributed by atoms with van der Waals surface area (Å²) in [5.74, 6) is 1.48. The molecule has 1 aliphatic rings. The van der Waals surface area contributed by atoms with Gasteiger partial charge in [-0.05, 0) is 43.8 Å². The molecule has 0 saturated heterocycles.